The second kappa shape index (κ2) is 6.89. The Morgan fingerprint density at radius 3 is 3.00 bits per heavy atom. The summed E-state index contributed by atoms with van der Waals surface area (Å²) >= 11 is 0. The van der Waals surface area contributed by atoms with Gasteiger partial charge in [0.2, 0.25) is 0 Å². The SMILES string of the molecule is NC(=NO)c1ccc(OCC2CCCCO2)c([N+](=O)[O-])c1. The largest absolute Gasteiger partial charge is 0.484 e. The van der Waals surface area contributed by atoms with Crippen molar-refractivity contribution in [1.29, 1.82) is 0 Å². The van der Waals surface area contributed by atoms with Crippen LogP contribution < -0.4 is 10.5 Å². The predicted molar refractivity (Wildman–Crippen MR) is 74.7 cm³/mol. The maximum Gasteiger partial charge on any atom is 0.311 e. The average Bonchev–Trinajstić information content (AvgIpc) is 2.52. The number of benzene rings is 1. The van der Waals surface area contributed by atoms with Crippen LogP contribution in [-0.2, 0) is 4.74 Å². The van der Waals surface area contributed by atoms with Crippen molar-refractivity contribution in [2.45, 2.75) is 25.4 Å². The first kappa shape index (κ1) is 15.0. The van der Waals surface area contributed by atoms with Gasteiger partial charge in [-0.3, -0.25) is 10.1 Å². The highest BCUT2D eigenvalue weighted by molar-refractivity contribution is 5.97. The molecular weight excluding hydrogens is 278 g/mol. The van der Waals surface area contributed by atoms with Gasteiger partial charge in [-0.05, 0) is 31.4 Å². The summed E-state index contributed by atoms with van der Waals surface area (Å²) in [6.45, 7) is 0.961. The predicted octanol–water partition coefficient (Wildman–Crippen LogP) is 1.64. The van der Waals surface area contributed by atoms with Crippen molar-refractivity contribution >= 4 is 11.5 Å². The molecule has 114 valence electrons. The minimum atomic E-state index is -0.564. The molecule has 1 atom stereocenters. The van der Waals surface area contributed by atoms with Crippen molar-refractivity contribution in [3.8, 4) is 5.75 Å². The number of nitro benzene ring substituents is 1. The third-order valence-corrected chi connectivity index (χ3v) is 3.26. The van der Waals surface area contributed by atoms with E-state index in [1.807, 2.05) is 0 Å². The lowest BCUT2D eigenvalue weighted by Crippen LogP contribution is -2.26. The van der Waals surface area contributed by atoms with Crippen LogP contribution in [-0.4, -0.2) is 35.3 Å². The zero-order valence-corrected chi connectivity index (χ0v) is 11.4. The standard InChI is InChI=1S/C13H17N3O5/c14-13(15-17)9-4-5-12(11(7-9)16(18)19)21-8-10-3-1-2-6-20-10/h4-5,7,10,17H,1-3,6,8H2,(H2,14,15). The molecule has 0 bridgehead atoms. The molecule has 8 heteroatoms. The van der Waals surface area contributed by atoms with E-state index >= 15 is 0 Å². The molecule has 0 saturated carbocycles. The van der Waals surface area contributed by atoms with E-state index in [1.54, 1.807) is 0 Å². The van der Waals surface area contributed by atoms with Crippen LogP contribution in [0.25, 0.3) is 0 Å². The van der Waals surface area contributed by atoms with E-state index in [4.69, 9.17) is 20.4 Å². The molecule has 1 aromatic rings. The molecule has 8 nitrogen and oxygen atoms in total. The van der Waals surface area contributed by atoms with Crippen molar-refractivity contribution in [3.05, 3.63) is 33.9 Å². The van der Waals surface area contributed by atoms with Crippen molar-refractivity contribution in [1.82, 2.24) is 0 Å². The van der Waals surface area contributed by atoms with E-state index in [9.17, 15) is 10.1 Å². The van der Waals surface area contributed by atoms with E-state index in [0.717, 1.165) is 19.3 Å². The molecule has 1 aromatic carbocycles. The molecule has 1 aliphatic heterocycles. The lowest BCUT2D eigenvalue weighted by atomic mass is 10.1. The van der Waals surface area contributed by atoms with Gasteiger partial charge < -0.3 is 20.4 Å². The number of rotatable bonds is 5. The average molecular weight is 295 g/mol. The summed E-state index contributed by atoms with van der Waals surface area (Å²) in [6.07, 6.45) is 2.95. The van der Waals surface area contributed by atoms with Gasteiger partial charge in [0.25, 0.3) is 0 Å². The first-order valence-electron chi connectivity index (χ1n) is 6.62. The zero-order valence-electron chi connectivity index (χ0n) is 11.4. The maximum atomic E-state index is 11.1. The molecule has 1 heterocycles. The number of oxime groups is 1. The Kier molecular flexibility index (Phi) is 4.94. The van der Waals surface area contributed by atoms with E-state index in [-0.39, 0.29) is 35.5 Å². The number of hydrogen-bond donors (Lipinski definition) is 2. The van der Waals surface area contributed by atoms with E-state index < -0.39 is 4.92 Å². The summed E-state index contributed by atoms with van der Waals surface area (Å²) in [5.74, 6) is -0.0519. The van der Waals surface area contributed by atoms with Gasteiger partial charge in [0, 0.05) is 18.2 Å². The molecule has 3 N–H and O–H groups in total. The highest BCUT2D eigenvalue weighted by atomic mass is 16.6. The molecule has 0 spiro atoms. The first-order chi connectivity index (χ1) is 10.1. The molecule has 0 aromatic heterocycles. The van der Waals surface area contributed by atoms with Crippen LogP contribution in [0.15, 0.2) is 23.4 Å². The molecule has 2 rings (SSSR count). The Hall–Kier alpha value is -2.35. The number of amidine groups is 1. The Labute approximate surface area is 121 Å². The van der Waals surface area contributed by atoms with Gasteiger partial charge in [-0.2, -0.15) is 0 Å². The van der Waals surface area contributed by atoms with Crippen LogP contribution in [0.2, 0.25) is 0 Å². The topological polar surface area (TPSA) is 120 Å². The summed E-state index contributed by atoms with van der Waals surface area (Å²) in [6, 6.07) is 4.15. The number of nitro groups is 1. The fraction of sp³-hybridized carbons (Fsp3) is 0.462. The minimum absolute atomic E-state index is 0.0397. The van der Waals surface area contributed by atoms with Gasteiger partial charge in [-0.25, -0.2) is 0 Å². The van der Waals surface area contributed by atoms with Gasteiger partial charge >= 0.3 is 5.69 Å². The molecule has 1 aliphatic rings. The number of ether oxygens (including phenoxy) is 2. The Balaban J connectivity index is 2.12. The fourth-order valence-electron chi connectivity index (χ4n) is 2.12. The highest BCUT2D eigenvalue weighted by Crippen LogP contribution is 2.28. The van der Waals surface area contributed by atoms with Crippen LogP contribution in [0, 0.1) is 10.1 Å². The fourth-order valence-corrected chi connectivity index (χ4v) is 2.12. The van der Waals surface area contributed by atoms with Crippen molar-refractivity contribution in [2.24, 2.45) is 10.9 Å². The van der Waals surface area contributed by atoms with Crippen molar-refractivity contribution in [2.75, 3.05) is 13.2 Å². The van der Waals surface area contributed by atoms with Gasteiger partial charge in [-0.1, -0.05) is 5.16 Å². The molecule has 0 radical (unpaired) electrons. The zero-order chi connectivity index (χ0) is 15.2. The third kappa shape index (κ3) is 3.82. The van der Waals surface area contributed by atoms with Crippen molar-refractivity contribution in [3.63, 3.8) is 0 Å². The summed E-state index contributed by atoms with van der Waals surface area (Å²) < 4.78 is 11.0. The lowest BCUT2D eigenvalue weighted by molar-refractivity contribution is -0.386. The number of nitrogens with zero attached hydrogens (tertiary/aromatic N) is 2. The quantitative estimate of drug-likeness (QED) is 0.280. The smallest absolute Gasteiger partial charge is 0.311 e. The van der Waals surface area contributed by atoms with Crippen LogP contribution in [0.5, 0.6) is 5.75 Å². The molecule has 0 amide bonds. The van der Waals surface area contributed by atoms with Gasteiger partial charge in [0.1, 0.15) is 6.61 Å². The van der Waals surface area contributed by atoms with E-state index in [0.29, 0.717) is 6.61 Å². The Bertz CT molecular complexity index is 541. The summed E-state index contributed by atoms with van der Waals surface area (Å²) in [4.78, 5) is 10.5. The monoisotopic (exact) mass is 295 g/mol. The molecule has 0 aliphatic carbocycles. The number of nitrogens with two attached hydrogens (primary N) is 1. The van der Waals surface area contributed by atoms with Crippen LogP contribution in [0.3, 0.4) is 0 Å². The van der Waals surface area contributed by atoms with E-state index in [1.165, 1.54) is 18.2 Å². The lowest BCUT2D eigenvalue weighted by Gasteiger charge is -2.22. The summed E-state index contributed by atoms with van der Waals surface area (Å²) in [5.41, 5.74) is 5.45. The third-order valence-electron chi connectivity index (χ3n) is 3.26. The van der Waals surface area contributed by atoms with Crippen molar-refractivity contribution < 1.29 is 19.6 Å². The maximum absolute atomic E-state index is 11.1. The first-order valence-corrected chi connectivity index (χ1v) is 6.62. The molecule has 1 unspecified atom stereocenters. The molecule has 1 fully saturated rings. The minimum Gasteiger partial charge on any atom is -0.484 e. The van der Waals surface area contributed by atoms with Crippen LogP contribution in [0.1, 0.15) is 24.8 Å². The second-order valence-electron chi connectivity index (χ2n) is 4.72. The normalized spacial score (nSPS) is 19.2. The van der Waals surface area contributed by atoms with Crippen LogP contribution in [0.4, 0.5) is 5.69 Å². The van der Waals surface area contributed by atoms with Crippen LogP contribution >= 0.6 is 0 Å². The Morgan fingerprint density at radius 1 is 1.57 bits per heavy atom. The molecular formula is C13H17N3O5. The van der Waals surface area contributed by atoms with Gasteiger partial charge in [-0.15, -0.1) is 0 Å². The summed E-state index contributed by atoms with van der Waals surface area (Å²) in [7, 11) is 0. The number of hydrogen-bond acceptors (Lipinski definition) is 6. The van der Waals surface area contributed by atoms with E-state index in [2.05, 4.69) is 5.16 Å². The highest BCUT2D eigenvalue weighted by Gasteiger charge is 2.20. The Morgan fingerprint density at radius 2 is 2.38 bits per heavy atom. The van der Waals surface area contributed by atoms with Gasteiger partial charge in [0.15, 0.2) is 11.6 Å². The molecule has 1 saturated heterocycles. The van der Waals surface area contributed by atoms with Gasteiger partial charge in [0.05, 0.1) is 11.0 Å². The second-order valence-corrected chi connectivity index (χ2v) is 4.72. The molecule has 21 heavy (non-hydrogen) atoms. The summed E-state index contributed by atoms with van der Waals surface area (Å²) in [5, 5.41) is 22.5.